The number of carbonyl (C=O) groups is 1. The molecule has 1 aliphatic rings. The molecule has 0 bridgehead atoms. The number of aliphatic hydroxyl groups is 1. The third kappa shape index (κ3) is 4.76. The monoisotopic (exact) mass is 358 g/mol. The van der Waals surface area contributed by atoms with E-state index in [4.69, 9.17) is 0 Å². The molecule has 1 aromatic heterocycles. The predicted molar refractivity (Wildman–Crippen MR) is 96.3 cm³/mol. The number of aromatic nitrogens is 2. The summed E-state index contributed by atoms with van der Waals surface area (Å²) in [4.78, 5) is 22.4. The highest BCUT2D eigenvalue weighted by Gasteiger charge is 2.36. The summed E-state index contributed by atoms with van der Waals surface area (Å²) >= 11 is 0. The zero-order valence-electron chi connectivity index (χ0n) is 14.8. The van der Waals surface area contributed by atoms with Gasteiger partial charge in [-0.25, -0.2) is 14.4 Å². The maximum atomic E-state index is 12.9. The predicted octanol–water partition coefficient (Wildman–Crippen LogP) is 1.61. The van der Waals surface area contributed by atoms with Crippen molar-refractivity contribution in [2.75, 3.05) is 24.5 Å². The highest BCUT2D eigenvalue weighted by Crippen LogP contribution is 2.25. The molecule has 0 radical (unpaired) electrons. The van der Waals surface area contributed by atoms with Crippen LogP contribution in [0.3, 0.4) is 0 Å². The molecule has 2 N–H and O–H groups in total. The third-order valence-electron chi connectivity index (χ3n) is 4.61. The van der Waals surface area contributed by atoms with Gasteiger partial charge in [0.05, 0.1) is 0 Å². The first-order valence-electron chi connectivity index (χ1n) is 8.71. The maximum absolute atomic E-state index is 12.9. The third-order valence-corrected chi connectivity index (χ3v) is 4.61. The average Bonchev–Trinajstić information content (AvgIpc) is 3.02. The molecule has 1 aromatic carbocycles. The molecule has 7 heteroatoms. The number of nitrogens with zero attached hydrogens (tertiary/aromatic N) is 3. The van der Waals surface area contributed by atoms with Crippen LogP contribution in [0.25, 0.3) is 0 Å². The van der Waals surface area contributed by atoms with Gasteiger partial charge in [0.25, 0.3) is 0 Å². The van der Waals surface area contributed by atoms with Crippen LogP contribution in [0.1, 0.15) is 24.1 Å². The number of hydrogen-bond acceptors (Lipinski definition) is 5. The fourth-order valence-electron chi connectivity index (χ4n) is 3.07. The SMILES string of the molecule is Cc1cc(N2CCC(O)(CNC(=O)CCc3ccc(F)cc3)C2)ncn1. The van der Waals surface area contributed by atoms with Crippen molar-refractivity contribution in [3.63, 3.8) is 0 Å². The van der Waals surface area contributed by atoms with Crippen molar-refractivity contribution in [2.24, 2.45) is 0 Å². The van der Waals surface area contributed by atoms with Crippen LogP contribution < -0.4 is 10.2 Å². The van der Waals surface area contributed by atoms with Gasteiger partial charge >= 0.3 is 0 Å². The second-order valence-electron chi connectivity index (χ2n) is 6.82. The minimum atomic E-state index is -0.968. The summed E-state index contributed by atoms with van der Waals surface area (Å²) in [6, 6.07) is 8.01. The first kappa shape index (κ1) is 18.3. The van der Waals surface area contributed by atoms with Crippen LogP contribution in [0, 0.1) is 12.7 Å². The molecule has 3 rings (SSSR count). The molecule has 0 saturated carbocycles. The number of carbonyl (C=O) groups excluding carboxylic acids is 1. The van der Waals surface area contributed by atoms with Crippen molar-refractivity contribution in [3.8, 4) is 0 Å². The summed E-state index contributed by atoms with van der Waals surface area (Å²) < 4.78 is 12.9. The summed E-state index contributed by atoms with van der Waals surface area (Å²) in [6.07, 6.45) is 2.92. The van der Waals surface area contributed by atoms with E-state index < -0.39 is 5.60 Å². The van der Waals surface area contributed by atoms with Crippen LogP contribution >= 0.6 is 0 Å². The second-order valence-corrected chi connectivity index (χ2v) is 6.82. The molecule has 0 aliphatic carbocycles. The molecular weight excluding hydrogens is 335 g/mol. The van der Waals surface area contributed by atoms with Crippen LogP contribution in [0.5, 0.6) is 0 Å². The molecule has 26 heavy (non-hydrogen) atoms. The molecule has 1 unspecified atom stereocenters. The van der Waals surface area contributed by atoms with Crippen LogP contribution in [-0.2, 0) is 11.2 Å². The lowest BCUT2D eigenvalue weighted by Crippen LogP contribution is -2.45. The molecule has 2 aromatic rings. The van der Waals surface area contributed by atoms with Crippen molar-refractivity contribution in [1.29, 1.82) is 0 Å². The van der Waals surface area contributed by atoms with Gasteiger partial charge in [-0.3, -0.25) is 4.79 Å². The summed E-state index contributed by atoms with van der Waals surface area (Å²) in [6.45, 7) is 3.20. The number of anilines is 1. The topological polar surface area (TPSA) is 78.4 Å². The molecule has 0 spiro atoms. The van der Waals surface area contributed by atoms with Gasteiger partial charge in [-0.15, -0.1) is 0 Å². The summed E-state index contributed by atoms with van der Waals surface area (Å²) in [5.41, 5.74) is 0.815. The van der Waals surface area contributed by atoms with E-state index in [9.17, 15) is 14.3 Å². The Bertz CT molecular complexity index is 768. The van der Waals surface area contributed by atoms with Gasteiger partial charge < -0.3 is 15.3 Å². The van der Waals surface area contributed by atoms with E-state index in [1.54, 1.807) is 12.1 Å². The highest BCUT2D eigenvalue weighted by atomic mass is 19.1. The van der Waals surface area contributed by atoms with Gasteiger partial charge in [0.2, 0.25) is 5.91 Å². The van der Waals surface area contributed by atoms with Crippen molar-refractivity contribution >= 4 is 11.7 Å². The molecule has 138 valence electrons. The van der Waals surface area contributed by atoms with Gasteiger partial charge in [0, 0.05) is 37.8 Å². The van der Waals surface area contributed by atoms with E-state index in [1.165, 1.54) is 18.5 Å². The van der Waals surface area contributed by atoms with E-state index in [0.29, 0.717) is 32.4 Å². The van der Waals surface area contributed by atoms with E-state index in [0.717, 1.165) is 17.1 Å². The molecule has 1 amide bonds. The molecule has 1 saturated heterocycles. The number of halogens is 1. The Hall–Kier alpha value is -2.54. The maximum Gasteiger partial charge on any atom is 0.220 e. The molecule has 2 heterocycles. The van der Waals surface area contributed by atoms with Crippen molar-refractivity contribution < 1.29 is 14.3 Å². The smallest absolute Gasteiger partial charge is 0.220 e. The van der Waals surface area contributed by atoms with E-state index in [2.05, 4.69) is 15.3 Å². The van der Waals surface area contributed by atoms with Crippen LogP contribution in [0.2, 0.25) is 0 Å². The van der Waals surface area contributed by atoms with E-state index in [-0.39, 0.29) is 18.3 Å². The van der Waals surface area contributed by atoms with E-state index in [1.807, 2.05) is 17.9 Å². The quantitative estimate of drug-likeness (QED) is 0.820. The normalized spacial score (nSPS) is 19.6. The molecule has 1 aliphatic heterocycles. The first-order chi connectivity index (χ1) is 12.4. The Balaban J connectivity index is 1.46. The number of nitrogens with one attached hydrogen (secondary N) is 1. The van der Waals surface area contributed by atoms with Crippen molar-refractivity contribution in [2.45, 2.75) is 31.8 Å². The van der Waals surface area contributed by atoms with Gasteiger partial charge in [0.1, 0.15) is 23.6 Å². The van der Waals surface area contributed by atoms with Crippen molar-refractivity contribution in [3.05, 3.63) is 53.7 Å². The lowest BCUT2D eigenvalue weighted by molar-refractivity contribution is -0.122. The Morgan fingerprint density at radius 3 is 2.85 bits per heavy atom. The Labute approximate surface area is 152 Å². The Morgan fingerprint density at radius 2 is 2.12 bits per heavy atom. The summed E-state index contributed by atoms with van der Waals surface area (Å²) in [5.74, 6) is 0.375. The van der Waals surface area contributed by atoms with Gasteiger partial charge in [-0.1, -0.05) is 12.1 Å². The Morgan fingerprint density at radius 1 is 1.35 bits per heavy atom. The van der Waals surface area contributed by atoms with Crippen LogP contribution in [0.4, 0.5) is 10.2 Å². The zero-order chi connectivity index (χ0) is 18.6. The van der Waals surface area contributed by atoms with Gasteiger partial charge in [0.15, 0.2) is 0 Å². The number of hydrogen-bond donors (Lipinski definition) is 2. The fraction of sp³-hybridized carbons (Fsp3) is 0.421. The number of benzene rings is 1. The highest BCUT2D eigenvalue weighted by molar-refractivity contribution is 5.76. The standard InChI is InChI=1S/C19H23FN4O2/c1-14-10-17(23-13-22-14)24-9-8-19(26,12-24)11-21-18(25)7-4-15-2-5-16(20)6-3-15/h2-3,5-6,10,13,26H,4,7-9,11-12H2,1H3,(H,21,25). The lowest BCUT2D eigenvalue weighted by atomic mass is 10.0. The lowest BCUT2D eigenvalue weighted by Gasteiger charge is -2.24. The molecule has 1 atom stereocenters. The minimum Gasteiger partial charge on any atom is -0.386 e. The first-order valence-corrected chi connectivity index (χ1v) is 8.71. The second kappa shape index (κ2) is 7.78. The molecule has 6 nitrogen and oxygen atoms in total. The largest absolute Gasteiger partial charge is 0.386 e. The minimum absolute atomic E-state index is 0.126. The van der Waals surface area contributed by atoms with Crippen LogP contribution in [0.15, 0.2) is 36.7 Å². The molecular formula is C19H23FN4O2. The van der Waals surface area contributed by atoms with E-state index >= 15 is 0 Å². The number of rotatable bonds is 6. The number of β-amino-alcohol motifs (C(OH)–C–C–N with tert-alkyl or cyclic N) is 1. The zero-order valence-corrected chi connectivity index (χ0v) is 14.8. The molecule has 1 fully saturated rings. The summed E-state index contributed by atoms with van der Waals surface area (Å²) in [5, 5.41) is 13.5. The number of amides is 1. The van der Waals surface area contributed by atoms with Gasteiger partial charge in [-0.05, 0) is 37.5 Å². The summed E-state index contributed by atoms with van der Waals surface area (Å²) in [7, 11) is 0. The fourth-order valence-corrected chi connectivity index (χ4v) is 3.07. The Kier molecular flexibility index (Phi) is 5.46. The van der Waals surface area contributed by atoms with Gasteiger partial charge in [-0.2, -0.15) is 0 Å². The number of aryl methyl sites for hydroxylation is 2. The van der Waals surface area contributed by atoms with Crippen molar-refractivity contribution in [1.82, 2.24) is 15.3 Å². The average molecular weight is 358 g/mol. The van der Waals surface area contributed by atoms with Crippen LogP contribution in [-0.4, -0.2) is 46.2 Å².